The van der Waals surface area contributed by atoms with Crippen LogP contribution in [-0.2, 0) is 0 Å². The molecular formula is C13H23N3O. The van der Waals surface area contributed by atoms with Gasteiger partial charge in [-0.3, -0.25) is 0 Å². The molecule has 1 aromatic rings. The summed E-state index contributed by atoms with van der Waals surface area (Å²) < 4.78 is 5.09. The topological polar surface area (TPSA) is 47.0 Å². The maximum atomic E-state index is 5.09. The van der Waals surface area contributed by atoms with Gasteiger partial charge in [0, 0.05) is 18.3 Å². The number of nitrogens with zero attached hydrogens (tertiary/aromatic N) is 2. The van der Waals surface area contributed by atoms with Gasteiger partial charge in [0.25, 0.3) is 0 Å². The maximum absolute atomic E-state index is 5.09. The molecule has 1 atom stereocenters. The standard InChI is InChI=1S/C13H23N3O/c1-4-6-8-11(7-5-2)15-13-14-10-9-12(16-13)17-3/h9-11H,4-8H2,1-3H3,(H,14,15,16). The smallest absolute Gasteiger partial charge is 0.226 e. The normalized spacial score (nSPS) is 12.2. The van der Waals surface area contributed by atoms with Crippen molar-refractivity contribution in [1.82, 2.24) is 9.97 Å². The highest BCUT2D eigenvalue weighted by Crippen LogP contribution is 2.13. The van der Waals surface area contributed by atoms with E-state index in [2.05, 4.69) is 29.1 Å². The summed E-state index contributed by atoms with van der Waals surface area (Å²) in [5.41, 5.74) is 0. The van der Waals surface area contributed by atoms with Crippen LogP contribution in [0.3, 0.4) is 0 Å². The summed E-state index contributed by atoms with van der Waals surface area (Å²) in [5, 5.41) is 3.39. The molecule has 96 valence electrons. The van der Waals surface area contributed by atoms with E-state index in [-0.39, 0.29) is 0 Å². The largest absolute Gasteiger partial charge is 0.481 e. The molecule has 0 fully saturated rings. The summed E-state index contributed by atoms with van der Waals surface area (Å²) >= 11 is 0. The molecule has 0 saturated heterocycles. The van der Waals surface area contributed by atoms with Crippen molar-refractivity contribution >= 4 is 5.95 Å². The lowest BCUT2D eigenvalue weighted by Gasteiger charge is -2.17. The molecule has 1 heterocycles. The molecule has 0 radical (unpaired) electrons. The molecule has 0 aromatic carbocycles. The Balaban J connectivity index is 2.57. The number of anilines is 1. The zero-order valence-electron chi connectivity index (χ0n) is 11.1. The lowest BCUT2D eigenvalue weighted by Crippen LogP contribution is -2.20. The molecule has 4 nitrogen and oxygen atoms in total. The number of rotatable bonds is 8. The Morgan fingerprint density at radius 3 is 2.76 bits per heavy atom. The lowest BCUT2D eigenvalue weighted by atomic mass is 10.1. The van der Waals surface area contributed by atoms with Gasteiger partial charge in [-0.15, -0.1) is 0 Å². The molecule has 0 aliphatic carbocycles. The van der Waals surface area contributed by atoms with Gasteiger partial charge in [-0.25, -0.2) is 4.98 Å². The molecule has 17 heavy (non-hydrogen) atoms. The van der Waals surface area contributed by atoms with Gasteiger partial charge in [0.2, 0.25) is 11.8 Å². The van der Waals surface area contributed by atoms with Crippen molar-refractivity contribution in [3.63, 3.8) is 0 Å². The SMILES string of the molecule is CCCCC(CCC)Nc1nccc(OC)n1. The van der Waals surface area contributed by atoms with E-state index in [1.165, 1.54) is 25.7 Å². The quantitative estimate of drug-likeness (QED) is 0.754. The van der Waals surface area contributed by atoms with Gasteiger partial charge >= 0.3 is 0 Å². The van der Waals surface area contributed by atoms with Crippen LogP contribution < -0.4 is 10.1 Å². The fourth-order valence-corrected chi connectivity index (χ4v) is 1.80. The Kier molecular flexibility index (Phi) is 6.37. The minimum absolute atomic E-state index is 0.465. The zero-order valence-corrected chi connectivity index (χ0v) is 11.1. The number of hydrogen-bond donors (Lipinski definition) is 1. The molecule has 0 bridgehead atoms. The fourth-order valence-electron chi connectivity index (χ4n) is 1.80. The van der Waals surface area contributed by atoms with E-state index in [9.17, 15) is 0 Å². The number of aromatic nitrogens is 2. The predicted octanol–water partition coefficient (Wildman–Crippen LogP) is 3.26. The van der Waals surface area contributed by atoms with E-state index >= 15 is 0 Å². The Hall–Kier alpha value is -1.32. The van der Waals surface area contributed by atoms with Crippen molar-refractivity contribution in [2.24, 2.45) is 0 Å². The van der Waals surface area contributed by atoms with E-state index in [0.29, 0.717) is 17.9 Å². The van der Waals surface area contributed by atoms with Crippen molar-refractivity contribution in [2.75, 3.05) is 12.4 Å². The van der Waals surface area contributed by atoms with Gasteiger partial charge in [0.05, 0.1) is 7.11 Å². The van der Waals surface area contributed by atoms with Crippen molar-refractivity contribution < 1.29 is 4.74 Å². The highest BCUT2D eigenvalue weighted by atomic mass is 16.5. The van der Waals surface area contributed by atoms with Gasteiger partial charge < -0.3 is 10.1 Å². The first-order valence-corrected chi connectivity index (χ1v) is 6.43. The number of methoxy groups -OCH3 is 1. The van der Waals surface area contributed by atoms with Crippen LogP contribution in [0.25, 0.3) is 0 Å². The van der Waals surface area contributed by atoms with Gasteiger partial charge in [-0.2, -0.15) is 4.98 Å². The molecule has 1 rings (SSSR count). The van der Waals surface area contributed by atoms with Crippen LogP contribution in [0.1, 0.15) is 46.0 Å². The van der Waals surface area contributed by atoms with Gasteiger partial charge in [-0.1, -0.05) is 33.1 Å². The molecule has 1 unspecified atom stereocenters. The molecule has 4 heteroatoms. The Morgan fingerprint density at radius 1 is 1.29 bits per heavy atom. The van der Waals surface area contributed by atoms with Crippen LogP contribution in [0.2, 0.25) is 0 Å². The molecule has 0 aliphatic heterocycles. The van der Waals surface area contributed by atoms with Crippen LogP contribution in [0, 0.1) is 0 Å². The van der Waals surface area contributed by atoms with E-state index in [4.69, 9.17) is 4.74 Å². The lowest BCUT2D eigenvalue weighted by molar-refractivity contribution is 0.397. The second-order valence-corrected chi connectivity index (χ2v) is 4.19. The predicted molar refractivity (Wildman–Crippen MR) is 70.4 cm³/mol. The summed E-state index contributed by atoms with van der Waals surface area (Å²) in [7, 11) is 1.62. The van der Waals surface area contributed by atoms with E-state index in [0.717, 1.165) is 6.42 Å². The number of ether oxygens (including phenoxy) is 1. The molecule has 0 aliphatic rings. The summed E-state index contributed by atoms with van der Waals surface area (Å²) in [4.78, 5) is 8.49. The minimum atomic E-state index is 0.465. The van der Waals surface area contributed by atoms with Crippen LogP contribution in [-0.4, -0.2) is 23.1 Å². The van der Waals surface area contributed by atoms with Crippen molar-refractivity contribution in [2.45, 2.75) is 52.0 Å². The molecule has 0 spiro atoms. The molecule has 1 aromatic heterocycles. The van der Waals surface area contributed by atoms with Crippen LogP contribution in [0.4, 0.5) is 5.95 Å². The molecular weight excluding hydrogens is 214 g/mol. The van der Waals surface area contributed by atoms with E-state index in [1.54, 1.807) is 19.4 Å². The Bertz CT molecular complexity index is 317. The Morgan fingerprint density at radius 2 is 2.12 bits per heavy atom. The van der Waals surface area contributed by atoms with Gasteiger partial charge in [0.1, 0.15) is 0 Å². The molecule has 1 N–H and O–H groups in total. The highest BCUT2D eigenvalue weighted by molar-refractivity contribution is 5.28. The maximum Gasteiger partial charge on any atom is 0.226 e. The molecule has 0 saturated carbocycles. The average Bonchev–Trinajstić information content (AvgIpc) is 2.36. The van der Waals surface area contributed by atoms with Crippen molar-refractivity contribution in [3.8, 4) is 5.88 Å². The van der Waals surface area contributed by atoms with E-state index < -0.39 is 0 Å². The second-order valence-electron chi connectivity index (χ2n) is 4.19. The number of nitrogens with one attached hydrogen (secondary N) is 1. The number of unbranched alkanes of at least 4 members (excludes halogenated alkanes) is 1. The Labute approximate surface area is 104 Å². The summed E-state index contributed by atoms with van der Waals surface area (Å²) in [5.74, 6) is 1.27. The third-order valence-corrected chi connectivity index (χ3v) is 2.72. The minimum Gasteiger partial charge on any atom is -0.481 e. The van der Waals surface area contributed by atoms with Crippen LogP contribution in [0.5, 0.6) is 5.88 Å². The summed E-state index contributed by atoms with van der Waals surface area (Å²) in [6.07, 6.45) is 7.68. The first kappa shape index (κ1) is 13.7. The van der Waals surface area contributed by atoms with Gasteiger partial charge in [-0.05, 0) is 12.8 Å². The van der Waals surface area contributed by atoms with E-state index in [1.807, 2.05) is 0 Å². The zero-order chi connectivity index (χ0) is 12.5. The third-order valence-electron chi connectivity index (χ3n) is 2.72. The van der Waals surface area contributed by atoms with Gasteiger partial charge in [0.15, 0.2) is 0 Å². The molecule has 0 amide bonds. The van der Waals surface area contributed by atoms with Crippen LogP contribution in [0.15, 0.2) is 12.3 Å². The first-order valence-electron chi connectivity index (χ1n) is 6.43. The van der Waals surface area contributed by atoms with Crippen molar-refractivity contribution in [1.29, 1.82) is 0 Å². The average molecular weight is 237 g/mol. The van der Waals surface area contributed by atoms with Crippen molar-refractivity contribution in [3.05, 3.63) is 12.3 Å². The second kappa shape index (κ2) is 7.87. The monoisotopic (exact) mass is 237 g/mol. The fraction of sp³-hybridized carbons (Fsp3) is 0.692. The summed E-state index contributed by atoms with van der Waals surface area (Å²) in [6, 6.07) is 2.22. The summed E-state index contributed by atoms with van der Waals surface area (Å²) in [6.45, 7) is 4.41. The highest BCUT2D eigenvalue weighted by Gasteiger charge is 2.09. The first-order chi connectivity index (χ1) is 8.30. The van der Waals surface area contributed by atoms with Crippen LogP contribution >= 0.6 is 0 Å². The number of hydrogen-bond acceptors (Lipinski definition) is 4. The third kappa shape index (κ3) is 5.02.